The molecule has 1 aliphatic heterocycles. The Morgan fingerprint density at radius 3 is 2.73 bits per heavy atom. The molecule has 3 heterocycles. The molecule has 1 saturated carbocycles. The number of nitrogens with zero attached hydrogens (tertiary/aromatic N) is 4. The molecule has 1 amide bonds. The van der Waals surface area contributed by atoms with Crippen LogP contribution in [0.3, 0.4) is 0 Å². The Hall–Kier alpha value is -2.85. The summed E-state index contributed by atoms with van der Waals surface area (Å²) in [4.78, 5) is 24.4. The SMILES string of the molecule is CC(C)(C)OC(=O)N(CC1(c2ncccc2F)CCC1)C1=NNC(c2ncc(CN)s2)C=C1. The molecular formula is C23H29FN6O2S. The number of halogens is 1. The standard InChI is InChI=1S/C23H29FN6O2S/c1-22(2,3)32-21(31)30(14-23(9-5-10-23)19-16(24)6-4-11-26-19)18-8-7-17(28-29-18)20-27-13-15(12-25)33-20/h4,6-8,11,13,17,28H,5,9-10,12,14,25H2,1-3H3. The molecule has 33 heavy (non-hydrogen) atoms. The summed E-state index contributed by atoms with van der Waals surface area (Å²) in [6, 6.07) is 2.77. The first-order valence-corrected chi connectivity index (χ1v) is 11.8. The lowest BCUT2D eigenvalue weighted by molar-refractivity contribution is 0.0300. The normalized spacial score (nSPS) is 19.3. The minimum atomic E-state index is -0.688. The van der Waals surface area contributed by atoms with Crippen LogP contribution in [0, 0.1) is 5.82 Å². The second-order valence-corrected chi connectivity index (χ2v) is 10.5. The molecule has 0 radical (unpaired) electrons. The van der Waals surface area contributed by atoms with Crippen molar-refractivity contribution < 1.29 is 13.9 Å². The van der Waals surface area contributed by atoms with Crippen LogP contribution in [0.2, 0.25) is 0 Å². The number of hydrazone groups is 1. The number of hydrogen-bond donors (Lipinski definition) is 2. The minimum Gasteiger partial charge on any atom is -0.443 e. The van der Waals surface area contributed by atoms with Gasteiger partial charge in [0.2, 0.25) is 0 Å². The second kappa shape index (κ2) is 9.18. The number of aromatic nitrogens is 2. The van der Waals surface area contributed by atoms with Gasteiger partial charge in [-0.25, -0.2) is 14.2 Å². The third-order valence-electron chi connectivity index (χ3n) is 5.72. The molecule has 0 saturated heterocycles. The maximum Gasteiger partial charge on any atom is 0.416 e. The van der Waals surface area contributed by atoms with E-state index < -0.39 is 17.1 Å². The van der Waals surface area contributed by atoms with E-state index in [1.807, 2.05) is 26.8 Å². The van der Waals surface area contributed by atoms with Crippen molar-refractivity contribution in [3.05, 3.63) is 58.1 Å². The van der Waals surface area contributed by atoms with Gasteiger partial charge in [0.25, 0.3) is 0 Å². The van der Waals surface area contributed by atoms with Gasteiger partial charge in [0.1, 0.15) is 22.5 Å². The van der Waals surface area contributed by atoms with Crippen molar-refractivity contribution >= 4 is 23.3 Å². The minimum absolute atomic E-state index is 0.217. The zero-order valence-electron chi connectivity index (χ0n) is 19.0. The molecule has 1 fully saturated rings. The Morgan fingerprint density at radius 2 is 2.18 bits per heavy atom. The van der Waals surface area contributed by atoms with E-state index in [-0.39, 0.29) is 18.4 Å². The molecule has 2 aromatic rings. The van der Waals surface area contributed by atoms with Crippen molar-refractivity contribution in [1.29, 1.82) is 0 Å². The molecule has 2 aromatic heterocycles. The van der Waals surface area contributed by atoms with Gasteiger partial charge >= 0.3 is 6.09 Å². The van der Waals surface area contributed by atoms with Gasteiger partial charge in [-0.15, -0.1) is 11.3 Å². The zero-order chi connectivity index (χ0) is 23.6. The largest absolute Gasteiger partial charge is 0.443 e. The Bertz CT molecular complexity index is 1070. The summed E-state index contributed by atoms with van der Waals surface area (Å²) >= 11 is 1.51. The van der Waals surface area contributed by atoms with E-state index in [0.29, 0.717) is 18.1 Å². The first kappa shape index (κ1) is 23.3. The van der Waals surface area contributed by atoms with Crippen LogP contribution < -0.4 is 11.2 Å². The van der Waals surface area contributed by atoms with Crippen molar-refractivity contribution in [2.45, 2.75) is 63.6 Å². The Morgan fingerprint density at radius 1 is 1.39 bits per heavy atom. The summed E-state index contributed by atoms with van der Waals surface area (Å²) < 4.78 is 20.3. The Labute approximate surface area is 196 Å². The molecular weight excluding hydrogens is 443 g/mol. The molecule has 10 heteroatoms. The number of nitrogens with one attached hydrogen (secondary N) is 1. The lowest BCUT2D eigenvalue weighted by Gasteiger charge is -2.44. The lowest BCUT2D eigenvalue weighted by atomic mass is 9.66. The fourth-order valence-electron chi connectivity index (χ4n) is 3.95. The van der Waals surface area contributed by atoms with Crippen molar-refractivity contribution in [3.8, 4) is 0 Å². The van der Waals surface area contributed by atoms with E-state index >= 15 is 0 Å². The molecule has 176 valence electrons. The number of thiazole rings is 1. The van der Waals surface area contributed by atoms with Crippen LogP contribution >= 0.6 is 11.3 Å². The zero-order valence-corrected chi connectivity index (χ0v) is 19.9. The molecule has 0 spiro atoms. The number of nitrogens with two attached hydrogens (primary N) is 1. The van der Waals surface area contributed by atoms with Gasteiger partial charge in [-0.3, -0.25) is 15.3 Å². The first-order valence-electron chi connectivity index (χ1n) is 11.0. The van der Waals surface area contributed by atoms with E-state index in [1.54, 1.807) is 24.5 Å². The highest BCUT2D eigenvalue weighted by Crippen LogP contribution is 2.44. The molecule has 1 unspecified atom stereocenters. The van der Waals surface area contributed by atoms with E-state index in [9.17, 15) is 9.18 Å². The van der Waals surface area contributed by atoms with Gasteiger partial charge in [0.15, 0.2) is 5.84 Å². The monoisotopic (exact) mass is 472 g/mol. The number of rotatable bonds is 5. The van der Waals surface area contributed by atoms with Gasteiger partial charge < -0.3 is 10.5 Å². The highest BCUT2D eigenvalue weighted by Gasteiger charge is 2.45. The fraction of sp³-hybridized carbons (Fsp3) is 0.478. The number of carbonyl (C=O) groups is 1. The summed E-state index contributed by atoms with van der Waals surface area (Å²) in [6.07, 6.45) is 8.88. The molecule has 1 atom stereocenters. The van der Waals surface area contributed by atoms with E-state index in [1.165, 1.54) is 22.3 Å². The van der Waals surface area contributed by atoms with Crippen LogP contribution in [0.5, 0.6) is 0 Å². The third-order valence-corrected chi connectivity index (χ3v) is 6.82. The number of carbonyl (C=O) groups excluding carboxylic acids is 1. The number of ether oxygens (including phenoxy) is 1. The Kier molecular flexibility index (Phi) is 6.49. The van der Waals surface area contributed by atoms with Gasteiger partial charge in [0, 0.05) is 35.8 Å². The molecule has 0 aromatic carbocycles. The van der Waals surface area contributed by atoms with Crippen LogP contribution in [-0.2, 0) is 16.7 Å². The fourth-order valence-corrected chi connectivity index (χ4v) is 4.78. The van der Waals surface area contributed by atoms with Gasteiger partial charge in [-0.2, -0.15) is 5.10 Å². The van der Waals surface area contributed by atoms with Crippen molar-refractivity contribution in [3.63, 3.8) is 0 Å². The number of amides is 1. The van der Waals surface area contributed by atoms with Crippen molar-refractivity contribution in [2.24, 2.45) is 10.8 Å². The molecule has 2 aliphatic rings. The summed E-state index contributed by atoms with van der Waals surface area (Å²) in [6.45, 7) is 6.09. The molecule has 4 rings (SSSR count). The summed E-state index contributed by atoms with van der Waals surface area (Å²) in [7, 11) is 0. The molecule has 0 bridgehead atoms. The average Bonchev–Trinajstić information content (AvgIpc) is 3.22. The van der Waals surface area contributed by atoms with Crippen LogP contribution in [0.4, 0.5) is 9.18 Å². The topological polar surface area (TPSA) is 106 Å². The van der Waals surface area contributed by atoms with E-state index in [4.69, 9.17) is 10.5 Å². The third kappa shape index (κ3) is 5.06. The molecule has 8 nitrogen and oxygen atoms in total. The van der Waals surface area contributed by atoms with Crippen LogP contribution in [0.1, 0.15) is 61.7 Å². The average molecular weight is 473 g/mol. The Balaban J connectivity index is 1.60. The van der Waals surface area contributed by atoms with Crippen molar-refractivity contribution in [2.75, 3.05) is 6.54 Å². The summed E-state index contributed by atoms with van der Waals surface area (Å²) in [5, 5.41) is 5.30. The quantitative estimate of drug-likeness (QED) is 0.681. The number of pyridine rings is 1. The van der Waals surface area contributed by atoms with E-state index in [0.717, 1.165) is 29.1 Å². The predicted molar refractivity (Wildman–Crippen MR) is 125 cm³/mol. The van der Waals surface area contributed by atoms with Crippen LogP contribution in [0.25, 0.3) is 0 Å². The summed E-state index contributed by atoms with van der Waals surface area (Å²) in [5.74, 6) is 0.0406. The first-order chi connectivity index (χ1) is 15.7. The molecule has 1 aliphatic carbocycles. The number of hydrogen-bond acceptors (Lipinski definition) is 8. The van der Waals surface area contributed by atoms with Crippen molar-refractivity contribution in [1.82, 2.24) is 20.3 Å². The smallest absolute Gasteiger partial charge is 0.416 e. The van der Waals surface area contributed by atoms with Gasteiger partial charge in [-0.1, -0.05) is 12.5 Å². The van der Waals surface area contributed by atoms with Crippen LogP contribution in [-0.4, -0.2) is 38.9 Å². The summed E-state index contributed by atoms with van der Waals surface area (Å²) in [5.41, 5.74) is 7.86. The second-order valence-electron chi connectivity index (χ2n) is 9.34. The van der Waals surface area contributed by atoms with Gasteiger partial charge in [0.05, 0.1) is 5.69 Å². The number of amidine groups is 1. The lowest BCUT2D eigenvalue weighted by Crippen LogP contribution is -2.52. The maximum atomic E-state index is 14.7. The van der Waals surface area contributed by atoms with Gasteiger partial charge in [-0.05, 0) is 51.8 Å². The highest BCUT2D eigenvalue weighted by molar-refractivity contribution is 7.11. The molecule has 3 N–H and O–H groups in total. The van der Waals surface area contributed by atoms with Crippen LogP contribution in [0.15, 0.2) is 41.8 Å². The predicted octanol–water partition coefficient (Wildman–Crippen LogP) is 4.01. The highest BCUT2D eigenvalue weighted by atomic mass is 32.1. The van der Waals surface area contributed by atoms with E-state index in [2.05, 4.69) is 20.5 Å². The maximum absolute atomic E-state index is 14.7.